The van der Waals surface area contributed by atoms with Gasteiger partial charge in [-0.05, 0) is 62.4 Å². The molecule has 0 spiro atoms. The van der Waals surface area contributed by atoms with E-state index in [1.165, 1.54) is 11.1 Å². The number of anilines is 1. The van der Waals surface area contributed by atoms with Crippen molar-refractivity contribution in [3.63, 3.8) is 0 Å². The van der Waals surface area contributed by atoms with Crippen LogP contribution in [0.3, 0.4) is 0 Å². The summed E-state index contributed by atoms with van der Waals surface area (Å²) in [4.78, 5) is 21.2. The molecule has 0 radical (unpaired) electrons. The highest BCUT2D eigenvalue weighted by molar-refractivity contribution is 7.15. The molecule has 2 aromatic carbocycles. The molecule has 1 amide bonds. The lowest BCUT2D eigenvalue weighted by Crippen LogP contribution is -2.39. The summed E-state index contributed by atoms with van der Waals surface area (Å²) in [5, 5.41) is 10.3. The number of carbonyl (C=O) groups excluding carboxylic acids is 1. The summed E-state index contributed by atoms with van der Waals surface area (Å²) >= 11 is 8.17. The molecule has 4 aromatic rings. The number of hydrogen-bond donors (Lipinski definition) is 0. The molecule has 1 atom stereocenters. The van der Waals surface area contributed by atoms with Crippen LogP contribution in [0.25, 0.3) is 5.00 Å². The first kappa shape index (κ1) is 28.4. The van der Waals surface area contributed by atoms with Crippen LogP contribution in [-0.4, -0.2) is 32.9 Å². The van der Waals surface area contributed by atoms with E-state index in [4.69, 9.17) is 16.6 Å². The molecule has 0 N–H and O–H groups in total. The molecule has 0 saturated carbocycles. The van der Waals surface area contributed by atoms with E-state index in [0.717, 1.165) is 63.3 Å². The Labute approximate surface area is 254 Å². The number of rotatable bonds is 2. The van der Waals surface area contributed by atoms with E-state index < -0.39 is 5.41 Å². The van der Waals surface area contributed by atoms with Gasteiger partial charge in [0, 0.05) is 21.8 Å². The molecular formula is C30H26Cl3N5OS. The van der Waals surface area contributed by atoms with Crippen LogP contribution in [0, 0.1) is 18.8 Å². The van der Waals surface area contributed by atoms with Crippen LogP contribution in [0.5, 0.6) is 0 Å². The molecule has 2 aromatic heterocycles. The lowest BCUT2D eigenvalue weighted by Gasteiger charge is -2.29. The van der Waals surface area contributed by atoms with E-state index in [9.17, 15) is 4.79 Å². The number of benzene rings is 2. The zero-order valence-corrected chi connectivity index (χ0v) is 25.1. The van der Waals surface area contributed by atoms with E-state index in [0.29, 0.717) is 18.1 Å². The van der Waals surface area contributed by atoms with Gasteiger partial charge < -0.3 is 0 Å². The predicted molar refractivity (Wildman–Crippen MR) is 165 cm³/mol. The van der Waals surface area contributed by atoms with Crippen LogP contribution < -0.4 is 4.90 Å². The number of aliphatic imine (C=N–C) groups is 1. The van der Waals surface area contributed by atoms with Gasteiger partial charge in [-0.25, -0.2) is 0 Å². The van der Waals surface area contributed by atoms with Crippen LogP contribution >= 0.6 is 47.8 Å². The van der Waals surface area contributed by atoms with Crippen LogP contribution in [0.15, 0.2) is 53.5 Å². The van der Waals surface area contributed by atoms with Crippen molar-refractivity contribution in [2.24, 2.45) is 4.99 Å². The average molecular weight is 611 g/mol. The van der Waals surface area contributed by atoms with Crippen molar-refractivity contribution in [2.75, 3.05) is 11.4 Å². The van der Waals surface area contributed by atoms with Gasteiger partial charge in [0.2, 0.25) is 5.91 Å². The van der Waals surface area contributed by atoms with Crippen LogP contribution in [0.1, 0.15) is 58.5 Å². The van der Waals surface area contributed by atoms with Crippen LogP contribution in [0.4, 0.5) is 5.69 Å². The van der Waals surface area contributed by atoms with E-state index in [1.54, 1.807) is 11.3 Å². The quantitative estimate of drug-likeness (QED) is 0.244. The number of amides is 1. The molecule has 2 aliphatic heterocycles. The largest absolute Gasteiger partial charge is 0.300 e. The molecule has 10 heteroatoms. The number of carbonyl (C=O) groups is 1. The maximum absolute atomic E-state index is 13.5. The molecule has 4 heterocycles. The molecule has 1 unspecified atom stereocenters. The van der Waals surface area contributed by atoms with Crippen molar-refractivity contribution in [1.29, 1.82) is 0 Å². The second-order valence-electron chi connectivity index (χ2n) is 10.2. The minimum atomic E-state index is -0.436. The standard InChI is InChI=1S/C30H24ClN5OS.2ClH/c1-18-33-34-25-17-32-27(21-11-3-4-12-23(21)31)22-16-20(38-28(22)36(18)25)10-7-15-35-24-13-5-8-19-9-6-14-30(2,26(19)24)29(35)37;;/h3-5,8,11-13,16H,6,9,14-15,17H2,1-2H3;2*1H. The molecule has 6 nitrogen and oxygen atoms in total. The van der Waals surface area contributed by atoms with Crippen LogP contribution in [-0.2, 0) is 23.2 Å². The second kappa shape index (κ2) is 10.7. The normalized spacial score (nSPS) is 18.2. The minimum Gasteiger partial charge on any atom is -0.300 e. The summed E-state index contributed by atoms with van der Waals surface area (Å²) in [7, 11) is 0. The lowest BCUT2D eigenvalue weighted by atomic mass is 9.72. The second-order valence-corrected chi connectivity index (χ2v) is 11.6. The minimum absolute atomic E-state index is 0. The Morgan fingerprint density at radius 3 is 2.75 bits per heavy atom. The molecule has 0 fully saturated rings. The highest BCUT2D eigenvalue weighted by Gasteiger charge is 2.49. The molecule has 40 heavy (non-hydrogen) atoms. The molecular weight excluding hydrogens is 585 g/mol. The van der Waals surface area contributed by atoms with Crippen LogP contribution in [0.2, 0.25) is 5.02 Å². The van der Waals surface area contributed by atoms with Gasteiger partial charge in [0.25, 0.3) is 0 Å². The SMILES string of the molecule is Cc1nnc2n1-c1sc(C#CCN3C(=O)C4(C)CCCc5cccc3c54)cc1C(c1ccccc1Cl)=NC2.Cl.Cl. The Bertz CT molecular complexity index is 1750. The topological polar surface area (TPSA) is 63.4 Å². The maximum atomic E-state index is 13.5. The Balaban J connectivity index is 0.00000161. The molecule has 7 rings (SSSR count). The third kappa shape index (κ3) is 4.26. The third-order valence-corrected chi connectivity index (χ3v) is 9.20. The van der Waals surface area contributed by atoms with Crippen molar-refractivity contribution in [1.82, 2.24) is 14.8 Å². The van der Waals surface area contributed by atoms with Gasteiger partial charge in [0.05, 0.1) is 22.5 Å². The molecule has 1 aliphatic carbocycles. The summed E-state index contributed by atoms with van der Waals surface area (Å²) < 4.78 is 2.06. The fourth-order valence-corrected chi connectivity index (χ4v) is 7.40. The summed E-state index contributed by atoms with van der Waals surface area (Å²) in [5.74, 6) is 8.39. The van der Waals surface area contributed by atoms with Gasteiger partial charge in [-0.2, -0.15) is 0 Å². The van der Waals surface area contributed by atoms with Crippen molar-refractivity contribution in [3.8, 4) is 16.8 Å². The van der Waals surface area contributed by atoms with E-state index in [-0.39, 0.29) is 30.7 Å². The number of nitrogens with zero attached hydrogens (tertiary/aromatic N) is 5. The van der Waals surface area contributed by atoms with Crippen molar-refractivity contribution in [3.05, 3.63) is 92.3 Å². The number of aromatic nitrogens is 3. The Kier molecular flexibility index (Phi) is 7.58. The van der Waals surface area contributed by atoms with Gasteiger partial charge in [0.1, 0.15) is 17.4 Å². The number of hydrogen-bond acceptors (Lipinski definition) is 5. The fraction of sp³-hybridized carbons (Fsp3) is 0.267. The summed E-state index contributed by atoms with van der Waals surface area (Å²) in [6.45, 7) is 4.81. The molecule has 3 aliphatic rings. The Morgan fingerprint density at radius 1 is 1.10 bits per heavy atom. The number of fused-ring (bicyclic) bond motifs is 3. The van der Waals surface area contributed by atoms with Gasteiger partial charge in [0.15, 0.2) is 5.82 Å². The van der Waals surface area contributed by atoms with Gasteiger partial charge in [-0.3, -0.25) is 19.3 Å². The summed E-state index contributed by atoms with van der Waals surface area (Å²) in [5.41, 5.74) is 5.75. The Hall–Kier alpha value is -3.15. The lowest BCUT2D eigenvalue weighted by molar-refractivity contribution is -0.122. The summed E-state index contributed by atoms with van der Waals surface area (Å²) in [6, 6.07) is 16.1. The van der Waals surface area contributed by atoms with E-state index in [1.807, 2.05) is 36.1 Å². The van der Waals surface area contributed by atoms with E-state index in [2.05, 4.69) is 57.8 Å². The van der Waals surface area contributed by atoms with Gasteiger partial charge in [-0.15, -0.1) is 46.3 Å². The Morgan fingerprint density at radius 2 is 1.93 bits per heavy atom. The zero-order chi connectivity index (χ0) is 26.0. The average Bonchev–Trinajstić information content (AvgIpc) is 3.52. The summed E-state index contributed by atoms with van der Waals surface area (Å²) in [6.07, 6.45) is 2.97. The zero-order valence-electron chi connectivity index (χ0n) is 21.9. The van der Waals surface area contributed by atoms with E-state index >= 15 is 0 Å². The first-order valence-electron chi connectivity index (χ1n) is 12.7. The van der Waals surface area contributed by atoms with Crippen molar-refractivity contribution in [2.45, 2.75) is 45.1 Å². The highest BCUT2D eigenvalue weighted by atomic mass is 35.5. The number of halogens is 3. The third-order valence-electron chi connectivity index (χ3n) is 7.83. The predicted octanol–water partition coefficient (Wildman–Crippen LogP) is 6.48. The first-order chi connectivity index (χ1) is 18.5. The fourth-order valence-electron chi connectivity index (χ4n) is 6.07. The molecule has 0 bridgehead atoms. The number of aryl methyl sites for hydroxylation is 2. The van der Waals surface area contributed by atoms with Gasteiger partial charge in [-0.1, -0.05) is 53.8 Å². The number of thiophene rings is 1. The smallest absolute Gasteiger partial charge is 0.238 e. The molecule has 204 valence electrons. The maximum Gasteiger partial charge on any atom is 0.238 e. The first-order valence-corrected chi connectivity index (χ1v) is 13.9. The van der Waals surface area contributed by atoms with Crippen molar-refractivity contribution < 1.29 is 4.79 Å². The molecule has 0 saturated heterocycles. The van der Waals surface area contributed by atoms with Gasteiger partial charge >= 0.3 is 0 Å². The van der Waals surface area contributed by atoms with Crippen molar-refractivity contribution >= 4 is 65.1 Å². The monoisotopic (exact) mass is 609 g/mol. The highest BCUT2D eigenvalue weighted by Crippen LogP contribution is 2.49.